The number of amidine groups is 1. The molecule has 0 saturated heterocycles. The van der Waals surface area contributed by atoms with Crippen LogP contribution in [0.3, 0.4) is 0 Å². The molecule has 1 amide bonds. The van der Waals surface area contributed by atoms with Crippen molar-refractivity contribution in [1.29, 1.82) is 0 Å². The van der Waals surface area contributed by atoms with Gasteiger partial charge in [0.2, 0.25) is 5.91 Å². The lowest BCUT2D eigenvalue weighted by atomic mass is 9.81. The smallest absolute Gasteiger partial charge is 0.250 e. The van der Waals surface area contributed by atoms with E-state index in [9.17, 15) is 4.79 Å². The van der Waals surface area contributed by atoms with Gasteiger partial charge >= 0.3 is 0 Å². The van der Waals surface area contributed by atoms with E-state index in [0.29, 0.717) is 30.8 Å². The fourth-order valence-electron chi connectivity index (χ4n) is 4.46. The van der Waals surface area contributed by atoms with E-state index in [1.807, 2.05) is 17.5 Å². The number of aliphatic imine (C=N–C) groups is 1. The Bertz CT molecular complexity index is 816. The van der Waals surface area contributed by atoms with Crippen molar-refractivity contribution >= 4 is 34.8 Å². The van der Waals surface area contributed by atoms with Gasteiger partial charge in [-0.1, -0.05) is 6.92 Å². The van der Waals surface area contributed by atoms with Gasteiger partial charge < -0.3 is 15.4 Å². The summed E-state index contributed by atoms with van der Waals surface area (Å²) in [4.78, 5) is 21.0. The number of carbonyl (C=O) groups is 1. The molecule has 1 aromatic rings. The maximum Gasteiger partial charge on any atom is 0.250 e. The summed E-state index contributed by atoms with van der Waals surface area (Å²) in [6.07, 6.45) is 8.16. The van der Waals surface area contributed by atoms with Crippen molar-refractivity contribution in [3.63, 3.8) is 0 Å². The molecule has 1 saturated carbocycles. The van der Waals surface area contributed by atoms with Crippen LogP contribution in [0.2, 0.25) is 0 Å². The van der Waals surface area contributed by atoms with Crippen molar-refractivity contribution in [3.8, 4) is 0 Å². The van der Waals surface area contributed by atoms with E-state index in [2.05, 4.69) is 42.9 Å². The van der Waals surface area contributed by atoms with Crippen LogP contribution in [0.4, 0.5) is 5.69 Å². The Morgan fingerprint density at radius 3 is 2.69 bits per heavy atom. The van der Waals surface area contributed by atoms with Crippen LogP contribution >= 0.6 is 11.3 Å². The first kappa shape index (κ1) is 24.9. The second kappa shape index (κ2) is 11.4. The van der Waals surface area contributed by atoms with Gasteiger partial charge in [-0.25, -0.2) is 4.99 Å². The Labute approximate surface area is 197 Å². The largest absolute Gasteiger partial charge is 0.387 e. The second-order valence-corrected chi connectivity index (χ2v) is 11.1. The number of thiophene rings is 1. The Hall–Kier alpha value is -1.70. The van der Waals surface area contributed by atoms with E-state index >= 15 is 0 Å². The Morgan fingerprint density at radius 1 is 1.28 bits per heavy atom. The van der Waals surface area contributed by atoms with Crippen LogP contribution in [0, 0.1) is 11.8 Å². The number of nitrogens with two attached hydrogens (primary N) is 1. The predicted octanol–water partition coefficient (Wildman–Crippen LogP) is 4.93. The summed E-state index contributed by atoms with van der Waals surface area (Å²) < 4.78 is 5.76. The minimum atomic E-state index is -0.103. The van der Waals surface area contributed by atoms with Crippen LogP contribution in [0.1, 0.15) is 71.1 Å². The molecule has 0 bridgehead atoms. The van der Waals surface area contributed by atoms with Gasteiger partial charge in [0.05, 0.1) is 22.9 Å². The summed E-state index contributed by atoms with van der Waals surface area (Å²) in [5, 5.41) is 5.45. The van der Waals surface area contributed by atoms with Crippen LogP contribution in [-0.2, 0) is 9.53 Å². The van der Waals surface area contributed by atoms with E-state index < -0.39 is 0 Å². The Balaban J connectivity index is 1.52. The molecule has 1 aromatic heterocycles. The number of amides is 1. The monoisotopic (exact) mass is 460 g/mol. The fourth-order valence-corrected chi connectivity index (χ4v) is 5.25. The zero-order valence-electron chi connectivity index (χ0n) is 20.2. The van der Waals surface area contributed by atoms with E-state index in [-0.39, 0.29) is 11.5 Å². The molecular weight excluding hydrogens is 420 g/mol. The molecule has 32 heavy (non-hydrogen) atoms. The molecule has 6 nitrogen and oxygen atoms in total. The number of hydrogen-bond donors (Lipinski definition) is 2. The van der Waals surface area contributed by atoms with E-state index in [0.717, 1.165) is 42.2 Å². The van der Waals surface area contributed by atoms with Gasteiger partial charge in [-0.15, -0.1) is 11.3 Å². The summed E-state index contributed by atoms with van der Waals surface area (Å²) in [7, 11) is 0. The highest BCUT2D eigenvalue weighted by molar-refractivity contribution is 7.11. The molecule has 1 aliphatic carbocycles. The molecule has 0 atom stereocenters. The van der Waals surface area contributed by atoms with Gasteiger partial charge in [0.25, 0.3) is 0 Å². The number of hydrogen-bond acceptors (Lipinski definition) is 6. The molecule has 0 unspecified atom stereocenters. The number of rotatable bonds is 9. The number of fused-ring (bicyclic) bond motifs is 1. The molecule has 1 fully saturated rings. The zero-order valence-corrected chi connectivity index (χ0v) is 21.0. The summed E-state index contributed by atoms with van der Waals surface area (Å²) in [5.74, 6) is 1.90. The highest BCUT2D eigenvalue weighted by Gasteiger charge is 2.27. The molecule has 2 heterocycles. The number of nitrogens with one attached hydrogen (secondary N) is 1. The zero-order chi connectivity index (χ0) is 23.1. The third-order valence-electron chi connectivity index (χ3n) is 6.15. The number of ether oxygens (including phenoxy) is 1. The van der Waals surface area contributed by atoms with Crippen LogP contribution in [-0.4, -0.2) is 48.6 Å². The average Bonchev–Trinajstić information content (AvgIpc) is 3.09. The quantitative estimate of drug-likeness (QED) is 0.404. The molecule has 178 valence electrons. The van der Waals surface area contributed by atoms with E-state index in [4.69, 9.17) is 10.5 Å². The van der Waals surface area contributed by atoms with Crippen molar-refractivity contribution in [2.75, 3.05) is 26.4 Å². The summed E-state index contributed by atoms with van der Waals surface area (Å²) in [6, 6.07) is 1.96. The molecule has 0 radical (unpaired) electrons. The van der Waals surface area contributed by atoms with Crippen LogP contribution in [0.5, 0.6) is 0 Å². The number of nitrogens with zero attached hydrogens (tertiary/aromatic N) is 2. The summed E-state index contributed by atoms with van der Waals surface area (Å²) in [5.41, 5.74) is 7.64. The van der Waals surface area contributed by atoms with Gasteiger partial charge in [-0.2, -0.15) is 0 Å². The van der Waals surface area contributed by atoms with Crippen LogP contribution in [0.15, 0.2) is 22.0 Å². The van der Waals surface area contributed by atoms with Crippen molar-refractivity contribution in [2.45, 2.75) is 71.8 Å². The highest BCUT2D eigenvalue weighted by Crippen LogP contribution is 2.33. The van der Waals surface area contributed by atoms with Crippen molar-refractivity contribution < 1.29 is 9.53 Å². The lowest BCUT2D eigenvalue weighted by Crippen LogP contribution is -2.39. The summed E-state index contributed by atoms with van der Waals surface area (Å²) in [6.45, 7) is 11.6. The van der Waals surface area contributed by atoms with Gasteiger partial charge in [0.1, 0.15) is 5.84 Å². The molecule has 7 heteroatoms. The maximum atomic E-state index is 13.4. The van der Waals surface area contributed by atoms with E-state index in [1.54, 1.807) is 11.3 Å². The topological polar surface area (TPSA) is 80.0 Å². The first-order valence-electron chi connectivity index (χ1n) is 12.0. The normalized spacial score (nSPS) is 21.4. The van der Waals surface area contributed by atoms with Crippen molar-refractivity contribution in [1.82, 2.24) is 10.2 Å². The van der Waals surface area contributed by atoms with Gasteiger partial charge in [-0.05, 0) is 82.2 Å². The maximum absolute atomic E-state index is 13.4. The molecular formula is C25H40N4O2S. The van der Waals surface area contributed by atoms with Crippen LogP contribution in [0.25, 0.3) is 6.08 Å². The van der Waals surface area contributed by atoms with Crippen LogP contribution < -0.4 is 11.1 Å². The molecule has 3 N–H and O–H groups in total. The third-order valence-corrected chi connectivity index (χ3v) is 7.01. The second-order valence-electron chi connectivity index (χ2n) is 10.1. The van der Waals surface area contributed by atoms with Crippen molar-refractivity contribution in [2.24, 2.45) is 22.6 Å². The highest BCUT2D eigenvalue weighted by atomic mass is 32.1. The lowest BCUT2D eigenvalue weighted by Gasteiger charge is -2.33. The first-order valence-corrected chi connectivity index (χ1v) is 12.9. The molecule has 1 aliphatic heterocycles. The van der Waals surface area contributed by atoms with Crippen molar-refractivity contribution in [3.05, 3.63) is 21.9 Å². The summed E-state index contributed by atoms with van der Waals surface area (Å²) >= 11 is 1.61. The SMILES string of the molecule is CCCN(CC1CCC(CNCOC(C)(C)C)CC1)C(=O)C1=Cc2sccc2N=C(N)C1. The fraction of sp³-hybridized carbons (Fsp3) is 0.680. The van der Waals surface area contributed by atoms with E-state index in [1.165, 1.54) is 25.7 Å². The molecule has 0 spiro atoms. The molecule has 2 aliphatic rings. The Morgan fingerprint density at radius 2 is 2.00 bits per heavy atom. The first-order chi connectivity index (χ1) is 15.2. The average molecular weight is 461 g/mol. The van der Waals surface area contributed by atoms with Gasteiger partial charge in [0.15, 0.2) is 0 Å². The lowest BCUT2D eigenvalue weighted by molar-refractivity contribution is -0.128. The van der Waals surface area contributed by atoms with Gasteiger partial charge in [0, 0.05) is 31.6 Å². The molecule has 0 aromatic carbocycles. The Kier molecular flexibility index (Phi) is 8.91. The molecule has 3 rings (SSSR count). The third kappa shape index (κ3) is 7.42. The number of carbonyl (C=O) groups excluding carboxylic acids is 1. The van der Waals surface area contributed by atoms with Gasteiger partial charge in [-0.3, -0.25) is 10.1 Å². The standard InChI is InChI=1S/C25H40N4O2S/c1-5-11-29(24(30)20-13-22-21(10-12-32-22)28-23(26)14-20)16-19-8-6-18(7-9-19)15-27-17-31-25(2,3)4/h10,12-13,18-19,27H,5-9,11,14-17H2,1-4H3,(H2,26,28). The minimum absolute atomic E-state index is 0.103. The predicted molar refractivity (Wildman–Crippen MR) is 134 cm³/mol. The minimum Gasteiger partial charge on any atom is -0.387 e.